The number of likely N-dealkylation sites (tertiary alicyclic amines) is 1. The molecule has 7 rings (SSSR count). The number of anilines is 2. The Kier molecular flexibility index (Phi) is 11.0. The number of aryl methyl sites for hydroxylation is 2. The van der Waals surface area contributed by atoms with E-state index >= 15 is 0 Å². The maximum absolute atomic E-state index is 13.9. The van der Waals surface area contributed by atoms with E-state index in [0.717, 1.165) is 58.1 Å². The molecule has 0 spiro atoms. The number of fused-ring (bicyclic) bond motifs is 5. The smallest absolute Gasteiger partial charge is 0.328 e. The predicted molar refractivity (Wildman–Crippen MR) is 220 cm³/mol. The Labute approximate surface area is 322 Å². The summed E-state index contributed by atoms with van der Waals surface area (Å²) in [7, 11) is 0. The number of H-pyrrole nitrogens is 1. The van der Waals surface area contributed by atoms with Crippen molar-refractivity contribution in [2.45, 2.75) is 71.8 Å². The van der Waals surface area contributed by atoms with Crippen LogP contribution in [-0.2, 0) is 27.2 Å². The number of aromatic nitrogens is 1. The van der Waals surface area contributed by atoms with Gasteiger partial charge in [0.05, 0.1) is 5.92 Å². The predicted octanol–water partition coefficient (Wildman–Crippen LogP) is 9.18. The van der Waals surface area contributed by atoms with Crippen LogP contribution in [0.15, 0.2) is 103 Å². The number of nitrogens with one attached hydrogen (secondary N) is 3. The highest BCUT2D eigenvalue weighted by Crippen LogP contribution is 2.40. The molecule has 0 radical (unpaired) electrons. The monoisotopic (exact) mass is 735 g/mol. The first-order valence-corrected chi connectivity index (χ1v) is 19.5. The molecule has 2 unspecified atom stereocenters. The van der Waals surface area contributed by atoms with Crippen LogP contribution in [0.25, 0.3) is 27.7 Å². The number of benzene rings is 4. The lowest BCUT2D eigenvalue weighted by Crippen LogP contribution is -2.46. The van der Waals surface area contributed by atoms with Crippen molar-refractivity contribution in [1.82, 2.24) is 14.8 Å². The second-order valence-corrected chi connectivity index (χ2v) is 14.9. The number of rotatable bonds is 10. The zero-order chi connectivity index (χ0) is 38.6. The standard InChI is InChI=1S/C46H49N5O4/c1-5-25-51(44(53)35(6-2)30-14-9-7-10-15-30)46(55)48-33-20-23-36-32(27-33)19-22-37-38-28-34(21-24-39(38)49-42(36)37)47-43(52)40-18-13-26-50(40)45(54)41(29(3)4)31-16-11-8-12-17-31/h6-12,14-17,20-21,23-24,27-29,40-41,49H,5,13,18-19,22,25-26H2,1-4H3,(H,47,52)(H,48,55)/b35-6+. The van der Waals surface area contributed by atoms with Crippen molar-refractivity contribution in [2.75, 3.05) is 23.7 Å². The van der Waals surface area contributed by atoms with E-state index in [4.69, 9.17) is 0 Å². The third kappa shape index (κ3) is 7.56. The summed E-state index contributed by atoms with van der Waals surface area (Å²) < 4.78 is 0. The van der Waals surface area contributed by atoms with Gasteiger partial charge in [-0.05, 0) is 97.5 Å². The molecule has 282 valence electrons. The van der Waals surface area contributed by atoms with Crippen molar-refractivity contribution in [1.29, 1.82) is 0 Å². The molecule has 9 heteroatoms. The molecule has 4 aromatic carbocycles. The van der Waals surface area contributed by atoms with Gasteiger partial charge in [0.2, 0.25) is 11.8 Å². The van der Waals surface area contributed by atoms with Crippen LogP contribution in [0.3, 0.4) is 0 Å². The van der Waals surface area contributed by atoms with Gasteiger partial charge in [-0.3, -0.25) is 19.3 Å². The number of amides is 5. The van der Waals surface area contributed by atoms with Crippen LogP contribution >= 0.6 is 0 Å². The summed E-state index contributed by atoms with van der Waals surface area (Å²) in [4.78, 5) is 61.5. The minimum atomic E-state index is -0.518. The van der Waals surface area contributed by atoms with Gasteiger partial charge in [0.15, 0.2) is 0 Å². The Morgan fingerprint density at radius 2 is 1.60 bits per heavy atom. The molecule has 3 N–H and O–H groups in total. The van der Waals surface area contributed by atoms with Crippen LogP contribution in [0.1, 0.15) is 75.1 Å². The molecule has 9 nitrogen and oxygen atoms in total. The first kappa shape index (κ1) is 37.4. The summed E-state index contributed by atoms with van der Waals surface area (Å²) >= 11 is 0. The van der Waals surface area contributed by atoms with Crippen molar-refractivity contribution < 1.29 is 19.2 Å². The minimum Gasteiger partial charge on any atom is -0.354 e. The molecule has 5 aromatic rings. The molecule has 5 amide bonds. The van der Waals surface area contributed by atoms with Crippen LogP contribution in [0.4, 0.5) is 16.2 Å². The molecular weight excluding hydrogens is 687 g/mol. The second-order valence-electron chi connectivity index (χ2n) is 14.9. The second kappa shape index (κ2) is 16.2. The SMILES string of the molecule is C/C=C(/C(=O)N(CCC)C(=O)Nc1ccc2c(c1)CCc1c-2[nH]c2ccc(NC(=O)C3CCCN3C(=O)C(c3ccccc3)C(C)C)cc12)c1ccccc1. The fraction of sp³-hybridized carbons (Fsp3) is 0.304. The van der Waals surface area contributed by atoms with Gasteiger partial charge >= 0.3 is 6.03 Å². The van der Waals surface area contributed by atoms with E-state index in [9.17, 15) is 19.2 Å². The molecule has 0 saturated carbocycles. The number of nitrogens with zero attached hydrogens (tertiary/aromatic N) is 2. The summed E-state index contributed by atoms with van der Waals surface area (Å²) in [6.45, 7) is 8.74. The average molecular weight is 736 g/mol. The molecule has 2 heterocycles. The summed E-state index contributed by atoms with van der Waals surface area (Å²) in [5.41, 5.74) is 8.89. The number of carbonyl (C=O) groups is 4. The maximum atomic E-state index is 13.9. The lowest BCUT2D eigenvalue weighted by molar-refractivity contribution is -0.138. The molecule has 1 aromatic heterocycles. The van der Waals surface area contributed by atoms with Crippen LogP contribution in [0.5, 0.6) is 0 Å². The molecule has 1 aliphatic carbocycles. The van der Waals surface area contributed by atoms with Gasteiger partial charge in [0, 0.05) is 52.2 Å². The molecule has 1 saturated heterocycles. The van der Waals surface area contributed by atoms with Gasteiger partial charge in [0.25, 0.3) is 5.91 Å². The lowest BCUT2D eigenvalue weighted by atomic mass is 9.87. The molecule has 55 heavy (non-hydrogen) atoms. The number of allylic oxidation sites excluding steroid dienone is 1. The van der Waals surface area contributed by atoms with E-state index in [2.05, 4.69) is 29.5 Å². The molecule has 2 atom stereocenters. The van der Waals surface area contributed by atoms with Crippen LogP contribution in [0, 0.1) is 5.92 Å². The van der Waals surface area contributed by atoms with E-state index in [1.807, 2.05) is 111 Å². The Balaban J connectivity index is 1.06. The molecule has 1 fully saturated rings. The van der Waals surface area contributed by atoms with Gasteiger partial charge in [-0.15, -0.1) is 0 Å². The Bertz CT molecular complexity index is 2260. The average Bonchev–Trinajstić information content (AvgIpc) is 3.83. The first-order chi connectivity index (χ1) is 26.7. The number of carbonyl (C=O) groups excluding carboxylic acids is 4. The van der Waals surface area contributed by atoms with Gasteiger partial charge in [0.1, 0.15) is 6.04 Å². The van der Waals surface area contributed by atoms with Crippen molar-refractivity contribution >= 4 is 51.6 Å². The summed E-state index contributed by atoms with van der Waals surface area (Å²) in [6, 6.07) is 30.1. The molecule has 2 aliphatic rings. The highest BCUT2D eigenvalue weighted by Gasteiger charge is 2.38. The summed E-state index contributed by atoms with van der Waals surface area (Å²) in [5, 5.41) is 7.17. The Morgan fingerprint density at radius 3 is 2.31 bits per heavy atom. The lowest BCUT2D eigenvalue weighted by Gasteiger charge is -2.30. The summed E-state index contributed by atoms with van der Waals surface area (Å²) in [5.74, 6) is -0.690. The van der Waals surface area contributed by atoms with Crippen molar-refractivity contribution in [3.8, 4) is 11.3 Å². The van der Waals surface area contributed by atoms with Gasteiger partial charge in [-0.1, -0.05) is 93.6 Å². The molecule has 0 bridgehead atoms. The van der Waals surface area contributed by atoms with E-state index < -0.39 is 12.1 Å². The third-order valence-electron chi connectivity index (χ3n) is 10.9. The number of hydrogen-bond acceptors (Lipinski definition) is 4. The zero-order valence-electron chi connectivity index (χ0n) is 32.0. The Hall–Kier alpha value is -5.96. The topological polar surface area (TPSA) is 115 Å². The summed E-state index contributed by atoms with van der Waals surface area (Å²) in [6.07, 6.45) is 5.36. The fourth-order valence-electron chi connectivity index (χ4n) is 8.26. The number of aromatic amines is 1. The van der Waals surface area contributed by atoms with Crippen molar-refractivity contribution in [3.63, 3.8) is 0 Å². The van der Waals surface area contributed by atoms with Crippen molar-refractivity contribution in [2.24, 2.45) is 5.92 Å². The van der Waals surface area contributed by atoms with E-state index in [0.29, 0.717) is 42.9 Å². The molecule has 1 aliphatic heterocycles. The van der Waals surface area contributed by atoms with Crippen LogP contribution in [-0.4, -0.2) is 57.7 Å². The Morgan fingerprint density at radius 1 is 0.891 bits per heavy atom. The van der Waals surface area contributed by atoms with Crippen molar-refractivity contribution in [3.05, 3.63) is 125 Å². The van der Waals surface area contributed by atoms with Crippen LogP contribution in [0.2, 0.25) is 0 Å². The number of urea groups is 1. The number of hydrogen-bond donors (Lipinski definition) is 3. The molecular formula is C46H49N5O4. The van der Waals surface area contributed by atoms with E-state index in [1.54, 1.807) is 11.0 Å². The highest BCUT2D eigenvalue weighted by atomic mass is 16.2. The normalized spacial score (nSPS) is 15.7. The van der Waals surface area contributed by atoms with Gasteiger partial charge < -0.3 is 20.5 Å². The maximum Gasteiger partial charge on any atom is 0.328 e. The minimum absolute atomic E-state index is 0.00742. The van der Waals surface area contributed by atoms with Gasteiger partial charge in [-0.2, -0.15) is 0 Å². The van der Waals surface area contributed by atoms with E-state index in [-0.39, 0.29) is 29.6 Å². The first-order valence-electron chi connectivity index (χ1n) is 19.5. The highest BCUT2D eigenvalue weighted by molar-refractivity contribution is 6.24. The fourth-order valence-corrected chi connectivity index (χ4v) is 8.26. The van der Waals surface area contributed by atoms with Crippen LogP contribution < -0.4 is 10.6 Å². The zero-order valence-corrected chi connectivity index (χ0v) is 32.0. The largest absolute Gasteiger partial charge is 0.354 e. The number of imide groups is 1. The van der Waals surface area contributed by atoms with E-state index in [1.165, 1.54) is 10.5 Å². The van der Waals surface area contributed by atoms with Gasteiger partial charge in [-0.25, -0.2) is 4.79 Å². The quantitative estimate of drug-likeness (QED) is 0.124. The third-order valence-corrected chi connectivity index (χ3v) is 10.9.